The van der Waals surface area contributed by atoms with Gasteiger partial charge in [0.25, 0.3) is 5.91 Å². The number of carbonyl (C=O) groups excluding carboxylic acids is 1. The fraction of sp³-hybridized carbons (Fsp3) is 0.129. The average Bonchev–Trinajstić information content (AvgIpc) is 3.13. The van der Waals surface area contributed by atoms with Crippen molar-refractivity contribution < 1.29 is 9.53 Å². The number of rotatable bonds is 5. The highest BCUT2D eigenvalue weighted by atomic mass is 32.2. The number of hydrogen-bond donors (Lipinski definition) is 1. The Morgan fingerprint density at radius 3 is 2.43 bits per heavy atom. The standard InChI is InChI=1S/C27H21N3O2S.C4H8/c1-32-21-11-8-19(9-12-21)26-22-6-2-3-7-24(22)33-25-13-10-20(15-23(25)30-26)27(31)29-17-18-5-4-14-28-16-18;1-3-4-2/h2-16H,17H2,1H3,(H,29,31);3-4H,1-2H3/b;4-3-. The van der Waals surface area contributed by atoms with E-state index in [0.29, 0.717) is 12.1 Å². The van der Waals surface area contributed by atoms with Gasteiger partial charge in [0.15, 0.2) is 0 Å². The molecular weight excluding hydrogens is 478 g/mol. The van der Waals surface area contributed by atoms with Crippen molar-refractivity contribution in [1.29, 1.82) is 0 Å². The second-order valence-corrected chi connectivity index (χ2v) is 9.26. The number of hydrogen-bond acceptors (Lipinski definition) is 5. The van der Waals surface area contributed by atoms with E-state index in [0.717, 1.165) is 43.6 Å². The first-order valence-electron chi connectivity index (χ1n) is 12.0. The van der Waals surface area contributed by atoms with Crippen LogP contribution in [0.1, 0.15) is 40.9 Å². The van der Waals surface area contributed by atoms with Crippen LogP contribution in [0.15, 0.2) is 118 Å². The number of methoxy groups -OCH3 is 1. The van der Waals surface area contributed by atoms with Crippen LogP contribution in [0.25, 0.3) is 0 Å². The van der Waals surface area contributed by atoms with Gasteiger partial charge in [0, 0.05) is 45.4 Å². The highest BCUT2D eigenvalue weighted by Gasteiger charge is 2.20. The number of pyridine rings is 1. The van der Waals surface area contributed by atoms with Gasteiger partial charge in [0.05, 0.1) is 18.5 Å². The van der Waals surface area contributed by atoms with Gasteiger partial charge in [-0.1, -0.05) is 48.2 Å². The Balaban J connectivity index is 0.000000747. The molecule has 0 fully saturated rings. The fourth-order valence-electron chi connectivity index (χ4n) is 3.64. The van der Waals surface area contributed by atoms with Crippen molar-refractivity contribution in [2.45, 2.75) is 30.2 Å². The van der Waals surface area contributed by atoms with Crippen LogP contribution in [0.4, 0.5) is 5.69 Å². The number of aromatic nitrogens is 1. The molecule has 6 heteroatoms. The van der Waals surface area contributed by atoms with E-state index in [1.807, 2.05) is 92.7 Å². The minimum absolute atomic E-state index is 0.144. The lowest BCUT2D eigenvalue weighted by atomic mass is 10.0. The normalized spacial score (nSPS) is 11.8. The molecule has 0 saturated heterocycles. The minimum atomic E-state index is -0.144. The van der Waals surface area contributed by atoms with Gasteiger partial charge in [-0.3, -0.25) is 9.78 Å². The van der Waals surface area contributed by atoms with Crippen LogP contribution < -0.4 is 10.1 Å². The van der Waals surface area contributed by atoms with E-state index in [2.05, 4.69) is 22.4 Å². The summed E-state index contributed by atoms with van der Waals surface area (Å²) in [5.41, 5.74) is 5.21. The molecule has 1 aliphatic heterocycles. The van der Waals surface area contributed by atoms with Crippen LogP contribution in [0, 0.1) is 0 Å². The Labute approximate surface area is 222 Å². The van der Waals surface area contributed by atoms with Gasteiger partial charge in [-0.05, 0) is 74.0 Å². The number of nitrogens with zero attached hydrogens (tertiary/aromatic N) is 2. The Hall–Kier alpha value is -4.16. The summed E-state index contributed by atoms with van der Waals surface area (Å²) in [6.45, 7) is 4.42. The largest absolute Gasteiger partial charge is 0.497 e. The van der Waals surface area contributed by atoms with Gasteiger partial charge < -0.3 is 10.1 Å². The number of benzene rings is 3. The lowest BCUT2D eigenvalue weighted by molar-refractivity contribution is 0.0951. The molecule has 0 radical (unpaired) electrons. The maximum atomic E-state index is 12.8. The summed E-state index contributed by atoms with van der Waals surface area (Å²) in [7, 11) is 1.65. The number of nitrogens with one attached hydrogen (secondary N) is 1. The zero-order valence-electron chi connectivity index (χ0n) is 21.1. The molecule has 1 aromatic heterocycles. The molecule has 0 saturated carbocycles. The zero-order chi connectivity index (χ0) is 26.0. The van der Waals surface area contributed by atoms with Gasteiger partial charge in [0.1, 0.15) is 5.75 Å². The molecule has 1 aliphatic rings. The van der Waals surface area contributed by atoms with Crippen molar-refractivity contribution in [3.63, 3.8) is 0 Å². The molecule has 37 heavy (non-hydrogen) atoms. The highest BCUT2D eigenvalue weighted by molar-refractivity contribution is 7.99. The van der Waals surface area contributed by atoms with Gasteiger partial charge in [-0.2, -0.15) is 0 Å². The third-order valence-corrected chi connectivity index (χ3v) is 6.83. The minimum Gasteiger partial charge on any atom is -0.497 e. The molecule has 0 bridgehead atoms. The van der Waals surface area contributed by atoms with Crippen LogP contribution >= 0.6 is 11.8 Å². The predicted octanol–water partition coefficient (Wildman–Crippen LogP) is 7.24. The Morgan fingerprint density at radius 1 is 0.946 bits per heavy atom. The molecule has 2 heterocycles. The summed E-state index contributed by atoms with van der Waals surface area (Å²) < 4.78 is 5.31. The molecular formula is C31H29N3O2S. The van der Waals surface area contributed by atoms with E-state index < -0.39 is 0 Å². The summed E-state index contributed by atoms with van der Waals surface area (Å²) in [5, 5.41) is 2.96. The molecule has 4 aromatic rings. The van der Waals surface area contributed by atoms with Crippen LogP contribution in [-0.2, 0) is 6.54 Å². The van der Waals surface area contributed by atoms with Crippen LogP contribution in [-0.4, -0.2) is 23.7 Å². The first-order chi connectivity index (χ1) is 18.1. The molecule has 5 rings (SSSR count). The molecule has 0 aliphatic carbocycles. The first kappa shape index (κ1) is 25.9. The van der Waals surface area contributed by atoms with Gasteiger partial charge in [-0.25, -0.2) is 4.99 Å². The van der Waals surface area contributed by atoms with Gasteiger partial charge in [-0.15, -0.1) is 0 Å². The topological polar surface area (TPSA) is 63.6 Å². The fourth-order valence-corrected chi connectivity index (χ4v) is 4.64. The van der Waals surface area contributed by atoms with Crippen molar-refractivity contribution in [3.8, 4) is 5.75 Å². The van der Waals surface area contributed by atoms with E-state index in [4.69, 9.17) is 9.73 Å². The van der Waals surface area contributed by atoms with Crippen LogP contribution in [0.3, 0.4) is 0 Å². The monoisotopic (exact) mass is 507 g/mol. The van der Waals surface area contributed by atoms with Crippen molar-refractivity contribution in [2.75, 3.05) is 7.11 Å². The second kappa shape index (κ2) is 12.7. The van der Waals surface area contributed by atoms with Crippen LogP contribution in [0.5, 0.6) is 5.75 Å². The third-order valence-electron chi connectivity index (χ3n) is 5.69. The van der Waals surface area contributed by atoms with E-state index in [1.54, 1.807) is 31.3 Å². The average molecular weight is 508 g/mol. The summed E-state index contributed by atoms with van der Waals surface area (Å²) in [6.07, 6.45) is 7.46. The molecule has 186 valence electrons. The Morgan fingerprint density at radius 2 is 1.73 bits per heavy atom. The van der Waals surface area contributed by atoms with Gasteiger partial charge >= 0.3 is 0 Å². The van der Waals surface area contributed by atoms with Crippen LogP contribution in [0.2, 0.25) is 0 Å². The summed E-state index contributed by atoms with van der Waals surface area (Å²) in [5.74, 6) is 0.651. The van der Waals surface area contributed by atoms with E-state index in [-0.39, 0.29) is 5.91 Å². The SMILES string of the molecule is C/C=C\C.COc1ccc(C2=Nc3cc(C(=O)NCc4cccnc4)ccc3Sc3ccccc32)cc1. The Kier molecular flexibility index (Phi) is 8.89. The number of allylic oxidation sites excluding steroid dienone is 2. The lowest BCUT2D eigenvalue weighted by Crippen LogP contribution is -2.22. The number of amides is 1. The molecule has 1 N–H and O–H groups in total. The summed E-state index contributed by atoms with van der Waals surface area (Å²) >= 11 is 1.66. The molecule has 3 aromatic carbocycles. The first-order valence-corrected chi connectivity index (χ1v) is 12.8. The molecule has 0 unspecified atom stereocenters. The van der Waals surface area contributed by atoms with Gasteiger partial charge in [0.2, 0.25) is 0 Å². The quantitative estimate of drug-likeness (QED) is 0.255. The van der Waals surface area contributed by atoms with E-state index in [1.165, 1.54) is 0 Å². The van der Waals surface area contributed by atoms with Crippen molar-refractivity contribution in [1.82, 2.24) is 10.3 Å². The third kappa shape index (κ3) is 6.54. The summed E-state index contributed by atoms with van der Waals surface area (Å²) in [6, 6.07) is 25.6. The second-order valence-electron chi connectivity index (χ2n) is 8.18. The zero-order valence-corrected chi connectivity index (χ0v) is 22.0. The molecule has 0 atom stereocenters. The molecule has 1 amide bonds. The lowest BCUT2D eigenvalue weighted by Gasteiger charge is -2.09. The molecule has 5 nitrogen and oxygen atoms in total. The van der Waals surface area contributed by atoms with E-state index >= 15 is 0 Å². The molecule has 0 spiro atoms. The maximum Gasteiger partial charge on any atom is 0.251 e. The highest BCUT2D eigenvalue weighted by Crippen LogP contribution is 2.41. The van der Waals surface area contributed by atoms with Crippen molar-refractivity contribution in [2.24, 2.45) is 4.99 Å². The number of carbonyl (C=O) groups is 1. The van der Waals surface area contributed by atoms with Crippen molar-refractivity contribution in [3.05, 3.63) is 126 Å². The number of aliphatic imine (C=N–C) groups is 1. The number of ether oxygens (including phenoxy) is 1. The Bertz CT molecular complexity index is 1410. The predicted molar refractivity (Wildman–Crippen MR) is 151 cm³/mol. The smallest absolute Gasteiger partial charge is 0.251 e. The summed E-state index contributed by atoms with van der Waals surface area (Å²) in [4.78, 5) is 24.1. The maximum absolute atomic E-state index is 12.8. The number of fused-ring (bicyclic) bond motifs is 2. The van der Waals surface area contributed by atoms with E-state index in [9.17, 15) is 4.79 Å². The van der Waals surface area contributed by atoms with Crippen molar-refractivity contribution >= 4 is 29.1 Å².